The number of pyridine rings is 1. The van der Waals surface area contributed by atoms with Gasteiger partial charge in [0.15, 0.2) is 5.03 Å². The van der Waals surface area contributed by atoms with Crippen molar-refractivity contribution in [1.82, 2.24) is 4.98 Å². The summed E-state index contributed by atoms with van der Waals surface area (Å²) < 4.78 is 24.0. The van der Waals surface area contributed by atoms with Gasteiger partial charge in [0.25, 0.3) is 0 Å². The number of sulfone groups is 1. The molecule has 2 heterocycles. The molecule has 3 nitrogen and oxygen atoms in total. The molecule has 2 aromatic rings. The first-order valence-corrected chi connectivity index (χ1v) is 5.99. The number of hydrogen-bond donors (Lipinski definition) is 0. The highest BCUT2D eigenvalue weighted by Crippen LogP contribution is 2.41. The lowest BCUT2D eigenvalue weighted by atomic mass is 10.1. The van der Waals surface area contributed by atoms with Crippen molar-refractivity contribution in [1.29, 1.82) is 0 Å². The van der Waals surface area contributed by atoms with E-state index in [0.29, 0.717) is 10.5 Å². The summed E-state index contributed by atoms with van der Waals surface area (Å²) in [4.78, 5) is 4.30. The molecule has 1 aliphatic rings. The van der Waals surface area contributed by atoms with Gasteiger partial charge in [0.05, 0.1) is 4.90 Å². The molecule has 4 heteroatoms. The molecule has 0 bridgehead atoms. The predicted octanol–water partition coefficient (Wildman–Crippen LogP) is 1.89. The molecular formula is C11H7NO2S. The molecule has 1 aromatic carbocycles. The van der Waals surface area contributed by atoms with Gasteiger partial charge in [-0.25, -0.2) is 13.4 Å². The van der Waals surface area contributed by atoms with Crippen LogP contribution in [0.4, 0.5) is 0 Å². The smallest absolute Gasteiger partial charge is 0.225 e. The lowest BCUT2D eigenvalue weighted by Gasteiger charge is -1.94. The third-order valence-electron chi connectivity index (χ3n) is 2.49. The van der Waals surface area contributed by atoms with Crippen LogP contribution in [0, 0.1) is 0 Å². The Bertz CT molecular complexity index is 596. The van der Waals surface area contributed by atoms with Crippen molar-refractivity contribution in [3.63, 3.8) is 0 Å². The van der Waals surface area contributed by atoms with Crippen molar-refractivity contribution < 1.29 is 8.42 Å². The molecule has 0 unspecified atom stereocenters. The fraction of sp³-hybridized carbons (Fsp3) is 0. The monoisotopic (exact) mass is 217 g/mol. The number of aromatic nitrogens is 1. The van der Waals surface area contributed by atoms with Crippen LogP contribution in [0.25, 0.3) is 11.1 Å². The van der Waals surface area contributed by atoms with Crippen LogP contribution < -0.4 is 0 Å². The minimum absolute atomic E-state index is 0.172. The van der Waals surface area contributed by atoms with Crippen molar-refractivity contribution >= 4 is 9.84 Å². The molecule has 1 aromatic heterocycles. The first-order valence-electron chi connectivity index (χ1n) is 4.51. The molecule has 0 fully saturated rings. The summed E-state index contributed by atoms with van der Waals surface area (Å²) in [7, 11) is -3.38. The lowest BCUT2D eigenvalue weighted by molar-refractivity contribution is 0.595. The Morgan fingerprint density at radius 1 is 0.933 bits per heavy atom. The number of benzene rings is 1. The largest absolute Gasteiger partial charge is 0.244 e. The molecular weight excluding hydrogens is 210 g/mol. The summed E-state index contributed by atoms with van der Waals surface area (Å²) in [5, 5.41) is 0.172. The van der Waals surface area contributed by atoms with Gasteiger partial charge in [0.2, 0.25) is 9.84 Å². The third kappa shape index (κ3) is 0.995. The van der Waals surface area contributed by atoms with Crippen LogP contribution in [0.15, 0.2) is 52.5 Å². The molecule has 74 valence electrons. The summed E-state index contributed by atoms with van der Waals surface area (Å²) in [5.74, 6) is 0. The SMILES string of the molecule is O=S1(=O)c2ccccc2-c2cccnc21. The molecule has 0 amide bonds. The standard InChI is InChI=1S/C11H7NO2S/c13-15(14)10-6-2-1-4-8(10)9-5-3-7-12-11(9)15/h1-7H. The lowest BCUT2D eigenvalue weighted by Crippen LogP contribution is -1.98. The van der Waals surface area contributed by atoms with Gasteiger partial charge >= 0.3 is 0 Å². The summed E-state index contributed by atoms with van der Waals surface area (Å²) >= 11 is 0. The highest BCUT2D eigenvalue weighted by molar-refractivity contribution is 7.92. The summed E-state index contributed by atoms with van der Waals surface area (Å²) in [6.45, 7) is 0. The number of rotatable bonds is 0. The van der Waals surface area contributed by atoms with E-state index < -0.39 is 9.84 Å². The number of hydrogen-bond acceptors (Lipinski definition) is 3. The van der Waals surface area contributed by atoms with Crippen LogP contribution in [0.5, 0.6) is 0 Å². The Morgan fingerprint density at radius 3 is 2.53 bits per heavy atom. The maximum Gasteiger partial charge on any atom is 0.225 e. The first-order chi connectivity index (χ1) is 7.21. The van der Waals surface area contributed by atoms with Crippen LogP contribution in [0.1, 0.15) is 0 Å². The molecule has 0 spiro atoms. The van der Waals surface area contributed by atoms with Crippen LogP contribution in [-0.4, -0.2) is 13.4 Å². The number of nitrogens with zero attached hydrogens (tertiary/aromatic N) is 1. The minimum atomic E-state index is -3.38. The summed E-state index contributed by atoms with van der Waals surface area (Å²) in [6, 6.07) is 10.5. The molecule has 3 rings (SSSR count). The van der Waals surface area contributed by atoms with Crippen molar-refractivity contribution in [2.75, 3.05) is 0 Å². The van der Waals surface area contributed by atoms with Gasteiger partial charge in [-0.3, -0.25) is 0 Å². The van der Waals surface area contributed by atoms with Gasteiger partial charge in [-0.1, -0.05) is 18.2 Å². The highest BCUT2D eigenvalue weighted by Gasteiger charge is 2.33. The second kappa shape index (κ2) is 2.67. The Labute approximate surface area is 87.3 Å². The Morgan fingerprint density at radius 2 is 1.67 bits per heavy atom. The van der Waals surface area contributed by atoms with Gasteiger partial charge in [-0.05, 0) is 18.2 Å². The van der Waals surface area contributed by atoms with Crippen molar-refractivity contribution in [2.45, 2.75) is 9.92 Å². The van der Waals surface area contributed by atoms with E-state index in [1.54, 1.807) is 30.3 Å². The van der Waals surface area contributed by atoms with Gasteiger partial charge in [0.1, 0.15) is 0 Å². The molecule has 0 aliphatic carbocycles. The van der Waals surface area contributed by atoms with Gasteiger partial charge < -0.3 is 0 Å². The molecule has 1 aliphatic heterocycles. The zero-order valence-corrected chi connectivity index (χ0v) is 8.53. The fourth-order valence-electron chi connectivity index (χ4n) is 1.84. The summed E-state index contributed by atoms with van der Waals surface area (Å²) in [6.07, 6.45) is 1.50. The minimum Gasteiger partial charge on any atom is -0.244 e. The first kappa shape index (κ1) is 8.61. The van der Waals surface area contributed by atoms with E-state index in [0.717, 1.165) is 5.56 Å². The van der Waals surface area contributed by atoms with Crippen molar-refractivity contribution in [3.05, 3.63) is 42.6 Å². The molecule has 0 radical (unpaired) electrons. The maximum atomic E-state index is 12.0. The van der Waals surface area contributed by atoms with E-state index in [1.807, 2.05) is 6.07 Å². The predicted molar refractivity (Wildman–Crippen MR) is 55.1 cm³/mol. The van der Waals surface area contributed by atoms with E-state index in [2.05, 4.69) is 4.98 Å². The zero-order valence-electron chi connectivity index (χ0n) is 7.71. The average Bonchev–Trinajstić information content (AvgIpc) is 2.51. The van der Waals surface area contributed by atoms with E-state index in [1.165, 1.54) is 6.20 Å². The Kier molecular flexibility index (Phi) is 1.53. The third-order valence-corrected chi connectivity index (χ3v) is 4.26. The Hall–Kier alpha value is -1.68. The van der Waals surface area contributed by atoms with Crippen LogP contribution >= 0.6 is 0 Å². The van der Waals surface area contributed by atoms with Crippen molar-refractivity contribution in [2.24, 2.45) is 0 Å². The van der Waals surface area contributed by atoms with Gasteiger partial charge in [-0.15, -0.1) is 0 Å². The van der Waals surface area contributed by atoms with Crippen LogP contribution in [0.3, 0.4) is 0 Å². The fourth-order valence-corrected chi connectivity index (χ4v) is 3.44. The van der Waals surface area contributed by atoms with Gasteiger partial charge in [0, 0.05) is 17.3 Å². The molecule has 0 saturated carbocycles. The topological polar surface area (TPSA) is 47.0 Å². The molecule has 0 atom stereocenters. The van der Waals surface area contributed by atoms with E-state index >= 15 is 0 Å². The average molecular weight is 217 g/mol. The van der Waals surface area contributed by atoms with E-state index in [9.17, 15) is 8.42 Å². The van der Waals surface area contributed by atoms with Crippen LogP contribution in [0.2, 0.25) is 0 Å². The van der Waals surface area contributed by atoms with E-state index in [-0.39, 0.29) is 5.03 Å². The normalized spacial score (nSPS) is 15.7. The molecule has 0 N–H and O–H groups in total. The number of fused-ring (bicyclic) bond motifs is 3. The van der Waals surface area contributed by atoms with E-state index in [4.69, 9.17) is 0 Å². The second-order valence-corrected chi connectivity index (χ2v) is 5.19. The maximum absolute atomic E-state index is 12.0. The van der Waals surface area contributed by atoms with Crippen molar-refractivity contribution in [3.8, 4) is 11.1 Å². The highest BCUT2D eigenvalue weighted by atomic mass is 32.2. The molecule has 15 heavy (non-hydrogen) atoms. The molecule has 0 saturated heterocycles. The Balaban J connectivity index is 2.53. The van der Waals surface area contributed by atoms with Gasteiger partial charge in [-0.2, -0.15) is 0 Å². The second-order valence-electron chi connectivity index (χ2n) is 3.36. The quantitative estimate of drug-likeness (QED) is 0.577. The zero-order chi connectivity index (χ0) is 10.5. The summed E-state index contributed by atoms with van der Waals surface area (Å²) in [5.41, 5.74) is 1.45. The van der Waals surface area contributed by atoms with Crippen LogP contribution in [-0.2, 0) is 9.84 Å².